The first-order valence-corrected chi connectivity index (χ1v) is 11.1. The van der Waals surface area contributed by atoms with Crippen LogP contribution in [0.2, 0.25) is 0 Å². The van der Waals surface area contributed by atoms with Crippen LogP contribution in [-0.4, -0.2) is 35.4 Å². The fraction of sp³-hybridized carbons (Fsp3) is 0.462. The van der Waals surface area contributed by atoms with E-state index in [-0.39, 0.29) is 17.9 Å². The lowest BCUT2D eigenvalue weighted by Gasteiger charge is -2.30. The molecule has 2 atom stereocenters. The highest BCUT2D eigenvalue weighted by Gasteiger charge is 2.26. The maximum Gasteiger partial charge on any atom is 0.242 e. The van der Waals surface area contributed by atoms with E-state index in [1.807, 2.05) is 70.2 Å². The van der Waals surface area contributed by atoms with Crippen LogP contribution in [-0.2, 0) is 16.1 Å². The van der Waals surface area contributed by atoms with Gasteiger partial charge in [0.25, 0.3) is 0 Å². The first-order valence-electron chi connectivity index (χ1n) is 11.1. The molecule has 31 heavy (non-hydrogen) atoms. The largest absolute Gasteiger partial charge is 0.494 e. The maximum absolute atomic E-state index is 13.1. The van der Waals surface area contributed by atoms with Crippen molar-refractivity contribution in [2.75, 3.05) is 6.61 Å². The lowest BCUT2D eigenvalue weighted by Crippen LogP contribution is -2.49. The smallest absolute Gasteiger partial charge is 0.242 e. The number of ether oxygens (including phenoxy) is 1. The van der Waals surface area contributed by atoms with Crippen molar-refractivity contribution in [3.63, 3.8) is 0 Å². The molecule has 0 aromatic heterocycles. The van der Waals surface area contributed by atoms with Gasteiger partial charge in [0.1, 0.15) is 11.8 Å². The Hall–Kier alpha value is -2.82. The Balaban J connectivity index is 2.00. The topological polar surface area (TPSA) is 58.6 Å². The molecule has 0 aliphatic rings. The van der Waals surface area contributed by atoms with Crippen LogP contribution in [0.1, 0.15) is 56.7 Å². The molecule has 5 nitrogen and oxygen atoms in total. The number of nitrogens with one attached hydrogen (secondary N) is 1. The van der Waals surface area contributed by atoms with E-state index in [1.54, 1.807) is 11.8 Å². The molecule has 0 spiro atoms. The second-order valence-corrected chi connectivity index (χ2v) is 8.27. The van der Waals surface area contributed by atoms with Crippen molar-refractivity contribution >= 4 is 11.8 Å². The summed E-state index contributed by atoms with van der Waals surface area (Å²) in [4.78, 5) is 27.5. The van der Waals surface area contributed by atoms with Gasteiger partial charge in [-0.2, -0.15) is 0 Å². The highest BCUT2D eigenvalue weighted by Crippen LogP contribution is 2.15. The van der Waals surface area contributed by atoms with Crippen molar-refractivity contribution in [2.45, 2.75) is 72.5 Å². The van der Waals surface area contributed by atoms with Crippen molar-refractivity contribution in [1.29, 1.82) is 0 Å². The molecule has 0 bridgehead atoms. The Labute approximate surface area is 186 Å². The molecule has 0 unspecified atom stereocenters. The van der Waals surface area contributed by atoms with Crippen LogP contribution in [0.4, 0.5) is 0 Å². The van der Waals surface area contributed by atoms with Crippen LogP contribution < -0.4 is 10.1 Å². The summed E-state index contributed by atoms with van der Waals surface area (Å²) < 4.78 is 5.75. The predicted molar refractivity (Wildman–Crippen MR) is 125 cm³/mol. The Morgan fingerprint density at radius 3 is 2.39 bits per heavy atom. The second-order valence-electron chi connectivity index (χ2n) is 8.27. The van der Waals surface area contributed by atoms with Gasteiger partial charge < -0.3 is 15.0 Å². The van der Waals surface area contributed by atoms with Crippen molar-refractivity contribution in [3.05, 3.63) is 65.2 Å². The van der Waals surface area contributed by atoms with Gasteiger partial charge in [0.05, 0.1) is 6.61 Å². The molecule has 0 radical (unpaired) electrons. The van der Waals surface area contributed by atoms with Crippen LogP contribution in [0.5, 0.6) is 5.75 Å². The highest BCUT2D eigenvalue weighted by molar-refractivity contribution is 5.87. The Bertz CT molecular complexity index is 848. The summed E-state index contributed by atoms with van der Waals surface area (Å²) in [6, 6.07) is 15.5. The molecule has 2 aromatic rings. The first-order chi connectivity index (χ1) is 14.8. The van der Waals surface area contributed by atoms with Crippen molar-refractivity contribution in [1.82, 2.24) is 10.2 Å². The van der Waals surface area contributed by atoms with Gasteiger partial charge in [-0.1, -0.05) is 54.4 Å². The summed E-state index contributed by atoms with van der Waals surface area (Å²) in [5.74, 6) is 0.642. The third-order valence-corrected chi connectivity index (χ3v) is 5.43. The molecule has 2 rings (SSSR count). The van der Waals surface area contributed by atoms with E-state index in [0.29, 0.717) is 26.0 Å². The molecule has 168 valence electrons. The van der Waals surface area contributed by atoms with Gasteiger partial charge in [0.2, 0.25) is 11.8 Å². The Morgan fingerprint density at radius 1 is 1.03 bits per heavy atom. The zero-order chi connectivity index (χ0) is 22.8. The third-order valence-electron chi connectivity index (χ3n) is 5.43. The number of hydrogen-bond donors (Lipinski definition) is 1. The second kappa shape index (κ2) is 12.1. The zero-order valence-electron chi connectivity index (χ0n) is 19.5. The van der Waals surface area contributed by atoms with E-state index < -0.39 is 6.04 Å². The zero-order valence-corrected chi connectivity index (χ0v) is 19.5. The van der Waals surface area contributed by atoms with Gasteiger partial charge in [0, 0.05) is 19.0 Å². The van der Waals surface area contributed by atoms with Crippen LogP contribution >= 0.6 is 0 Å². The molecule has 0 heterocycles. The molecule has 0 fully saturated rings. The lowest BCUT2D eigenvalue weighted by atomic mass is 10.1. The number of benzene rings is 2. The molecule has 5 heteroatoms. The minimum Gasteiger partial charge on any atom is -0.494 e. The van der Waals surface area contributed by atoms with Gasteiger partial charge in [0.15, 0.2) is 0 Å². The quantitative estimate of drug-likeness (QED) is 0.528. The van der Waals surface area contributed by atoms with E-state index in [9.17, 15) is 9.59 Å². The standard InChI is InChI=1S/C26H36N2O3/c1-6-21(4)27-26(30)22(5)28(18-23-10-7-9-20(3)17-23)25(29)11-8-16-31-24-14-12-19(2)13-15-24/h7,9-10,12-15,17,21-22H,6,8,11,16,18H2,1-5H3,(H,27,30)/t21-,22-/m1/s1. The van der Waals surface area contributed by atoms with Gasteiger partial charge in [-0.25, -0.2) is 0 Å². The van der Waals surface area contributed by atoms with Crippen LogP contribution in [0.25, 0.3) is 0 Å². The average Bonchev–Trinajstić information content (AvgIpc) is 2.75. The molecule has 2 aromatic carbocycles. The monoisotopic (exact) mass is 424 g/mol. The minimum atomic E-state index is -0.542. The van der Waals surface area contributed by atoms with E-state index >= 15 is 0 Å². The van der Waals surface area contributed by atoms with Crippen molar-refractivity contribution in [3.8, 4) is 5.75 Å². The van der Waals surface area contributed by atoms with E-state index in [4.69, 9.17) is 4.74 Å². The Morgan fingerprint density at radius 2 is 1.74 bits per heavy atom. The molecular weight excluding hydrogens is 388 g/mol. The normalized spacial score (nSPS) is 12.7. The van der Waals surface area contributed by atoms with Crippen LogP contribution in [0, 0.1) is 13.8 Å². The van der Waals surface area contributed by atoms with E-state index in [2.05, 4.69) is 11.4 Å². The summed E-state index contributed by atoms with van der Waals surface area (Å²) >= 11 is 0. The number of carbonyl (C=O) groups is 2. The maximum atomic E-state index is 13.1. The molecule has 0 saturated heterocycles. The fourth-order valence-corrected chi connectivity index (χ4v) is 3.25. The van der Waals surface area contributed by atoms with Gasteiger partial charge >= 0.3 is 0 Å². The molecule has 0 saturated carbocycles. The minimum absolute atomic E-state index is 0.0409. The van der Waals surface area contributed by atoms with Crippen LogP contribution in [0.15, 0.2) is 48.5 Å². The van der Waals surface area contributed by atoms with Crippen LogP contribution in [0.3, 0.4) is 0 Å². The highest BCUT2D eigenvalue weighted by atomic mass is 16.5. The molecular formula is C26H36N2O3. The number of amides is 2. The summed E-state index contributed by atoms with van der Waals surface area (Å²) in [7, 11) is 0. The van der Waals surface area contributed by atoms with Crippen molar-refractivity contribution in [2.24, 2.45) is 0 Å². The van der Waals surface area contributed by atoms with Gasteiger partial charge in [-0.05, 0) is 58.2 Å². The summed E-state index contributed by atoms with van der Waals surface area (Å²) in [5.41, 5.74) is 3.33. The molecule has 2 amide bonds. The molecule has 0 aliphatic carbocycles. The Kier molecular flexibility index (Phi) is 9.57. The molecule has 1 N–H and O–H groups in total. The number of carbonyl (C=O) groups excluding carboxylic acids is 2. The number of aryl methyl sites for hydroxylation is 2. The van der Waals surface area contributed by atoms with E-state index in [1.165, 1.54) is 5.56 Å². The first kappa shape index (κ1) is 24.4. The average molecular weight is 425 g/mol. The lowest BCUT2D eigenvalue weighted by molar-refractivity contribution is -0.141. The number of nitrogens with zero attached hydrogens (tertiary/aromatic N) is 1. The van der Waals surface area contributed by atoms with E-state index in [0.717, 1.165) is 23.3 Å². The van der Waals surface area contributed by atoms with Crippen molar-refractivity contribution < 1.29 is 14.3 Å². The number of rotatable bonds is 11. The summed E-state index contributed by atoms with van der Waals surface area (Å²) in [5, 5.41) is 3.00. The SMILES string of the molecule is CC[C@@H](C)NC(=O)[C@@H](C)N(Cc1cccc(C)c1)C(=O)CCCOc1ccc(C)cc1. The summed E-state index contributed by atoms with van der Waals surface area (Å²) in [6.45, 7) is 10.7. The molecule has 0 aliphatic heterocycles. The predicted octanol–water partition coefficient (Wildman–Crippen LogP) is 4.79. The van der Waals surface area contributed by atoms with Gasteiger partial charge in [-0.15, -0.1) is 0 Å². The number of hydrogen-bond acceptors (Lipinski definition) is 3. The fourth-order valence-electron chi connectivity index (χ4n) is 3.25. The van der Waals surface area contributed by atoms with Gasteiger partial charge in [-0.3, -0.25) is 9.59 Å². The third kappa shape index (κ3) is 8.08. The summed E-state index contributed by atoms with van der Waals surface area (Å²) in [6.07, 6.45) is 1.77.